The number of nitrogens with one attached hydrogen (secondary N) is 1. The van der Waals surface area contributed by atoms with E-state index in [1.165, 1.54) is 0 Å². The number of rotatable bonds is 4. The Morgan fingerprint density at radius 3 is 2.18 bits per heavy atom. The van der Waals surface area contributed by atoms with Crippen LogP contribution in [0.4, 0.5) is 14.5 Å². The van der Waals surface area contributed by atoms with Gasteiger partial charge in [-0.2, -0.15) is 0 Å². The summed E-state index contributed by atoms with van der Waals surface area (Å²) in [6.07, 6.45) is 0. The van der Waals surface area contributed by atoms with E-state index in [1.54, 1.807) is 18.2 Å². The molecule has 0 atom stereocenters. The number of sulfonamides is 1. The Labute approximate surface area is 136 Å². The van der Waals surface area contributed by atoms with Gasteiger partial charge in [0.15, 0.2) is 4.90 Å². The molecule has 0 aliphatic heterocycles. The molecule has 0 bridgehead atoms. The van der Waals surface area contributed by atoms with Crippen LogP contribution in [-0.2, 0) is 10.0 Å². The van der Waals surface area contributed by atoms with Gasteiger partial charge in [0.2, 0.25) is 0 Å². The summed E-state index contributed by atoms with van der Waals surface area (Å²) < 4.78 is 54.4. The van der Waals surface area contributed by atoms with E-state index < -0.39 is 26.6 Å². The third-order valence-electron chi connectivity index (χ3n) is 3.09. The van der Waals surface area contributed by atoms with E-state index in [0.717, 1.165) is 23.8 Å². The van der Waals surface area contributed by atoms with Gasteiger partial charge in [-0.3, -0.25) is 4.72 Å². The van der Waals surface area contributed by atoms with Crippen LogP contribution in [-0.4, -0.2) is 8.42 Å². The molecule has 0 saturated heterocycles. The SMILES string of the molecule is CC(C)c1ccc(NS(=O)(=O)c2c(F)cccc2F)c(Br)c1. The first kappa shape index (κ1) is 16.9. The van der Waals surface area contributed by atoms with Crippen LogP contribution >= 0.6 is 15.9 Å². The van der Waals surface area contributed by atoms with Crippen LogP contribution in [0.25, 0.3) is 0 Å². The topological polar surface area (TPSA) is 46.2 Å². The lowest BCUT2D eigenvalue weighted by atomic mass is 10.0. The quantitative estimate of drug-likeness (QED) is 0.826. The molecule has 3 nitrogen and oxygen atoms in total. The minimum atomic E-state index is -4.36. The van der Waals surface area contributed by atoms with Gasteiger partial charge in [0.1, 0.15) is 11.6 Å². The summed E-state index contributed by atoms with van der Waals surface area (Å²) in [5.41, 5.74) is 1.22. The van der Waals surface area contributed by atoms with Gasteiger partial charge in [-0.1, -0.05) is 26.0 Å². The molecule has 0 aromatic heterocycles. The van der Waals surface area contributed by atoms with Crippen LogP contribution in [0.15, 0.2) is 45.8 Å². The van der Waals surface area contributed by atoms with Gasteiger partial charge in [-0.05, 0) is 51.7 Å². The summed E-state index contributed by atoms with van der Waals surface area (Å²) in [5.74, 6) is -2.00. The fourth-order valence-corrected chi connectivity index (χ4v) is 3.75. The highest BCUT2D eigenvalue weighted by Crippen LogP contribution is 2.29. The van der Waals surface area contributed by atoms with E-state index >= 15 is 0 Å². The zero-order chi connectivity index (χ0) is 16.5. The van der Waals surface area contributed by atoms with Gasteiger partial charge >= 0.3 is 0 Å². The van der Waals surface area contributed by atoms with Crippen LogP contribution in [0.1, 0.15) is 25.3 Å². The van der Waals surface area contributed by atoms with Gasteiger partial charge in [0.05, 0.1) is 5.69 Å². The summed E-state index contributed by atoms with van der Waals surface area (Å²) in [6.45, 7) is 4.00. The summed E-state index contributed by atoms with van der Waals surface area (Å²) >= 11 is 3.26. The van der Waals surface area contributed by atoms with Crippen LogP contribution in [0, 0.1) is 11.6 Å². The molecule has 0 heterocycles. The smallest absolute Gasteiger partial charge is 0.267 e. The standard InChI is InChI=1S/C15H14BrF2NO2S/c1-9(2)10-6-7-14(11(16)8-10)19-22(20,21)15-12(17)4-3-5-13(15)18/h3-9,19H,1-2H3. The van der Waals surface area contributed by atoms with E-state index in [1.807, 2.05) is 13.8 Å². The summed E-state index contributed by atoms with van der Waals surface area (Å²) in [4.78, 5) is -0.991. The number of halogens is 3. The van der Waals surface area contributed by atoms with Crippen molar-refractivity contribution < 1.29 is 17.2 Å². The minimum Gasteiger partial charge on any atom is -0.278 e. The molecule has 7 heteroatoms. The fourth-order valence-electron chi connectivity index (χ4n) is 1.91. The Bertz CT molecular complexity index is 787. The van der Waals surface area contributed by atoms with Crippen molar-refractivity contribution in [3.8, 4) is 0 Å². The normalized spacial score (nSPS) is 11.7. The molecule has 0 radical (unpaired) electrons. The van der Waals surface area contributed by atoms with Crippen molar-refractivity contribution in [1.29, 1.82) is 0 Å². The minimum absolute atomic E-state index is 0.215. The Balaban J connectivity index is 2.42. The lowest BCUT2D eigenvalue weighted by Gasteiger charge is -2.13. The number of hydrogen-bond donors (Lipinski definition) is 1. The molecule has 0 aliphatic carbocycles. The average Bonchev–Trinajstić information content (AvgIpc) is 2.40. The first-order chi connectivity index (χ1) is 10.2. The Morgan fingerprint density at radius 1 is 1.09 bits per heavy atom. The van der Waals surface area contributed by atoms with Crippen molar-refractivity contribution in [1.82, 2.24) is 0 Å². The van der Waals surface area contributed by atoms with Gasteiger partial charge in [-0.15, -0.1) is 0 Å². The lowest BCUT2D eigenvalue weighted by molar-refractivity contribution is 0.521. The van der Waals surface area contributed by atoms with Crippen molar-refractivity contribution in [3.63, 3.8) is 0 Å². The number of hydrogen-bond acceptors (Lipinski definition) is 2. The third-order valence-corrected chi connectivity index (χ3v) is 5.16. The Hall–Kier alpha value is -1.47. The maximum Gasteiger partial charge on any atom is 0.267 e. The lowest BCUT2D eigenvalue weighted by Crippen LogP contribution is -2.16. The zero-order valence-corrected chi connectivity index (χ0v) is 14.3. The number of benzene rings is 2. The Kier molecular flexibility index (Phi) is 4.87. The highest BCUT2D eigenvalue weighted by molar-refractivity contribution is 9.10. The van der Waals surface area contributed by atoms with Crippen molar-refractivity contribution >= 4 is 31.6 Å². The van der Waals surface area contributed by atoms with Gasteiger partial charge in [0, 0.05) is 4.47 Å². The predicted octanol–water partition coefficient (Wildman–Crippen LogP) is 4.65. The van der Waals surface area contributed by atoms with E-state index in [2.05, 4.69) is 20.7 Å². The second-order valence-electron chi connectivity index (χ2n) is 5.05. The van der Waals surface area contributed by atoms with Crippen molar-refractivity contribution in [3.05, 3.63) is 58.1 Å². The van der Waals surface area contributed by atoms with Gasteiger partial charge < -0.3 is 0 Å². The first-order valence-electron chi connectivity index (χ1n) is 6.48. The maximum absolute atomic E-state index is 13.6. The fraction of sp³-hybridized carbons (Fsp3) is 0.200. The van der Waals surface area contributed by atoms with E-state index in [9.17, 15) is 17.2 Å². The first-order valence-corrected chi connectivity index (χ1v) is 8.76. The van der Waals surface area contributed by atoms with Crippen molar-refractivity contribution in [2.24, 2.45) is 0 Å². The maximum atomic E-state index is 13.6. The molecule has 1 N–H and O–H groups in total. The molecule has 118 valence electrons. The highest BCUT2D eigenvalue weighted by atomic mass is 79.9. The summed E-state index contributed by atoms with van der Waals surface area (Å²) in [7, 11) is -4.36. The largest absolute Gasteiger partial charge is 0.278 e. The molecule has 0 saturated carbocycles. The summed E-state index contributed by atoms with van der Waals surface area (Å²) in [6, 6.07) is 7.97. The third kappa shape index (κ3) is 3.47. The van der Waals surface area contributed by atoms with E-state index in [-0.39, 0.29) is 11.6 Å². The van der Waals surface area contributed by atoms with Crippen molar-refractivity contribution in [2.45, 2.75) is 24.7 Å². The molecule has 0 amide bonds. The van der Waals surface area contributed by atoms with E-state index in [4.69, 9.17) is 0 Å². The highest BCUT2D eigenvalue weighted by Gasteiger charge is 2.24. The summed E-state index contributed by atoms with van der Waals surface area (Å²) in [5, 5.41) is 0. The molecular weight excluding hydrogens is 376 g/mol. The van der Waals surface area contributed by atoms with Crippen LogP contribution in [0.3, 0.4) is 0 Å². The molecular formula is C15H14BrF2NO2S. The molecule has 0 fully saturated rings. The van der Waals surface area contributed by atoms with E-state index in [0.29, 0.717) is 4.47 Å². The molecule has 0 aliphatic rings. The molecule has 2 aromatic carbocycles. The molecule has 22 heavy (non-hydrogen) atoms. The number of anilines is 1. The molecule has 0 unspecified atom stereocenters. The van der Waals surface area contributed by atoms with Crippen LogP contribution in [0.5, 0.6) is 0 Å². The molecule has 2 rings (SSSR count). The predicted molar refractivity (Wildman–Crippen MR) is 85.4 cm³/mol. The zero-order valence-electron chi connectivity index (χ0n) is 11.9. The van der Waals surface area contributed by atoms with Gasteiger partial charge in [-0.25, -0.2) is 17.2 Å². The molecule has 2 aromatic rings. The van der Waals surface area contributed by atoms with Gasteiger partial charge in [0.25, 0.3) is 10.0 Å². The molecule has 0 spiro atoms. The van der Waals surface area contributed by atoms with Crippen LogP contribution < -0.4 is 4.72 Å². The van der Waals surface area contributed by atoms with Crippen molar-refractivity contribution in [2.75, 3.05) is 4.72 Å². The Morgan fingerprint density at radius 2 is 1.68 bits per heavy atom. The van der Waals surface area contributed by atoms with Crippen LogP contribution in [0.2, 0.25) is 0 Å². The average molecular weight is 390 g/mol. The second-order valence-corrected chi connectivity index (χ2v) is 7.52. The monoisotopic (exact) mass is 389 g/mol. The second kappa shape index (κ2) is 6.34.